The normalized spacial score (nSPS) is 19.6. The zero-order valence-electron chi connectivity index (χ0n) is 13.3. The third-order valence-corrected chi connectivity index (χ3v) is 3.89. The topological polar surface area (TPSA) is 75.4 Å². The first-order valence-corrected chi connectivity index (χ1v) is 7.84. The van der Waals surface area contributed by atoms with Crippen LogP contribution in [0.2, 0.25) is 0 Å². The highest BCUT2D eigenvalue weighted by Crippen LogP contribution is 2.19. The Kier molecular flexibility index (Phi) is 10.4. The lowest BCUT2D eigenvalue weighted by atomic mass is 9.95. The van der Waals surface area contributed by atoms with Crippen molar-refractivity contribution in [3.63, 3.8) is 0 Å². The molecule has 2 amide bonds. The highest BCUT2D eigenvalue weighted by molar-refractivity contribution is 5.85. The SMILES string of the molecule is CCCC(C)CC(=O)N1CCCC(C(=O)NCCN)C1.Cl. The monoisotopic (exact) mass is 319 g/mol. The number of carbonyl (C=O) groups is 2. The minimum atomic E-state index is -0.0688. The Morgan fingerprint density at radius 1 is 1.43 bits per heavy atom. The molecule has 5 nitrogen and oxygen atoms in total. The maximum atomic E-state index is 12.2. The van der Waals surface area contributed by atoms with Crippen LogP contribution in [0.4, 0.5) is 0 Å². The third-order valence-electron chi connectivity index (χ3n) is 3.89. The second kappa shape index (κ2) is 10.9. The summed E-state index contributed by atoms with van der Waals surface area (Å²) in [5, 5.41) is 2.82. The van der Waals surface area contributed by atoms with Crippen molar-refractivity contribution in [1.29, 1.82) is 0 Å². The van der Waals surface area contributed by atoms with Crippen LogP contribution in [0.5, 0.6) is 0 Å². The Labute approximate surface area is 134 Å². The van der Waals surface area contributed by atoms with Crippen molar-refractivity contribution in [2.75, 3.05) is 26.2 Å². The van der Waals surface area contributed by atoms with Gasteiger partial charge in [0.25, 0.3) is 0 Å². The molecule has 2 unspecified atom stereocenters. The average molecular weight is 320 g/mol. The van der Waals surface area contributed by atoms with E-state index in [2.05, 4.69) is 19.2 Å². The summed E-state index contributed by atoms with van der Waals surface area (Å²) in [5.41, 5.74) is 5.39. The molecule has 0 aromatic rings. The van der Waals surface area contributed by atoms with Crippen LogP contribution in [0.1, 0.15) is 46.0 Å². The second-order valence-electron chi connectivity index (χ2n) is 5.86. The van der Waals surface area contributed by atoms with Gasteiger partial charge in [0.1, 0.15) is 0 Å². The fourth-order valence-corrected chi connectivity index (χ4v) is 2.78. The highest BCUT2D eigenvalue weighted by Gasteiger charge is 2.28. The van der Waals surface area contributed by atoms with Crippen molar-refractivity contribution < 1.29 is 9.59 Å². The van der Waals surface area contributed by atoms with Crippen molar-refractivity contribution in [3.8, 4) is 0 Å². The van der Waals surface area contributed by atoms with E-state index in [-0.39, 0.29) is 30.1 Å². The van der Waals surface area contributed by atoms with Gasteiger partial charge in [0.2, 0.25) is 11.8 Å². The zero-order valence-corrected chi connectivity index (χ0v) is 14.1. The van der Waals surface area contributed by atoms with Gasteiger partial charge >= 0.3 is 0 Å². The summed E-state index contributed by atoms with van der Waals surface area (Å²) in [7, 11) is 0. The Morgan fingerprint density at radius 3 is 2.76 bits per heavy atom. The zero-order chi connectivity index (χ0) is 15.0. The van der Waals surface area contributed by atoms with E-state index in [0.29, 0.717) is 32.0 Å². The lowest BCUT2D eigenvalue weighted by molar-refractivity contribution is -0.136. The maximum Gasteiger partial charge on any atom is 0.224 e. The molecular formula is C15H30ClN3O2. The largest absolute Gasteiger partial charge is 0.355 e. The Balaban J connectivity index is 0.00000400. The van der Waals surface area contributed by atoms with E-state index in [9.17, 15) is 9.59 Å². The lowest BCUT2D eigenvalue weighted by Crippen LogP contribution is -2.46. The number of hydrogen-bond donors (Lipinski definition) is 2. The molecule has 1 fully saturated rings. The minimum absolute atomic E-state index is 0. The number of rotatable bonds is 7. The van der Waals surface area contributed by atoms with Gasteiger partial charge in [-0.2, -0.15) is 0 Å². The van der Waals surface area contributed by atoms with E-state index in [4.69, 9.17) is 5.73 Å². The highest BCUT2D eigenvalue weighted by atomic mass is 35.5. The minimum Gasteiger partial charge on any atom is -0.355 e. The van der Waals surface area contributed by atoms with Crippen LogP contribution < -0.4 is 11.1 Å². The molecule has 0 saturated carbocycles. The van der Waals surface area contributed by atoms with Gasteiger partial charge in [0.15, 0.2) is 0 Å². The van der Waals surface area contributed by atoms with Gasteiger partial charge < -0.3 is 16.0 Å². The first-order chi connectivity index (χ1) is 9.58. The number of halogens is 1. The Hall–Kier alpha value is -0.810. The summed E-state index contributed by atoms with van der Waals surface area (Å²) in [6, 6.07) is 0. The van der Waals surface area contributed by atoms with Crippen molar-refractivity contribution in [3.05, 3.63) is 0 Å². The van der Waals surface area contributed by atoms with Crippen LogP contribution in [0.25, 0.3) is 0 Å². The number of nitrogens with zero attached hydrogens (tertiary/aromatic N) is 1. The summed E-state index contributed by atoms with van der Waals surface area (Å²) in [5.74, 6) is 0.594. The van der Waals surface area contributed by atoms with Crippen LogP contribution in [-0.2, 0) is 9.59 Å². The van der Waals surface area contributed by atoms with Gasteiger partial charge in [-0.05, 0) is 18.8 Å². The van der Waals surface area contributed by atoms with Crippen LogP contribution in [-0.4, -0.2) is 42.9 Å². The van der Waals surface area contributed by atoms with Gasteiger partial charge in [0, 0.05) is 32.6 Å². The molecule has 0 aliphatic carbocycles. The number of nitrogens with one attached hydrogen (secondary N) is 1. The van der Waals surface area contributed by atoms with Gasteiger partial charge in [-0.3, -0.25) is 9.59 Å². The molecule has 0 aromatic carbocycles. The van der Waals surface area contributed by atoms with E-state index < -0.39 is 0 Å². The predicted octanol–water partition coefficient (Wildman–Crippen LogP) is 1.55. The van der Waals surface area contributed by atoms with Gasteiger partial charge in [-0.25, -0.2) is 0 Å². The van der Waals surface area contributed by atoms with E-state index in [1.165, 1.54) is 0 Å². The smallest absolute Gasteiger partial charge is 0.224 e. The molecule has 0 bridgehead atoms. The van der Waals surface area contributed by atoms with Crippen molar-refractivity contribution in [2.45, 2.75) is 46.0 Å². The van der Waals surface area contributed by atoms with Gasteiger partial charge in [-0.15, -0.1) is 12.4 Å². The molecule has 1 aliphatic heterocycles. The van der Waals surface area contributed by atoms with E-state index >= 15 is 0 Å². The number of piperidine rings is 1. The summed E-state index contributed by atoms with van der Waals surface area (Å²) in [6.07, 6.45) is 4.57. The average Bonchev–Trinajstić information content (AvgIpc) is 2.45. The molecule has 1 aliphatic rings. The van der Waals surface area contributed by atoms with Gasteiger partial charge in [0.05, 0.1) is 5.92 Å². The van der Waals surface area contributed by atoms with Crippen LogP contribution in [0.15, 0.2) is 0 Å². The maximum absolute atomic E-state index is 12.2. The first kappa shape index (κ1) is 20.2. The summed E-state index contributed by atoms with van der Waals surface area (Å²) < 4.78 is 0. The third kappa shape index (κ3) is 7.14. The molecule has 2 atom stereocenters. The standard InChI is InChI=1S/C15H29N3O2.ClH/c1-3-5-12(2)10-14(19)18-9-4-6-13(11-18)15(20)17-8-7-16;/h12-13H,3-11,16H2,1-2H3,(H,17,20);1H. The molecular weight excluding hydrogens is 290 g/mol. The molecule has 1 saturated heterocycles. The van der Waals surface area contributed by atoms with Crippen LogP contribution in [0, 0.1) is 11.8 Å². The molecule has 0 spiro atoms. The summed E-state index contributed by atoms with van der Waals surface area (Å²) in [6.45, 7) is 6.58. The Bertz CT molecular complexity index is 326. The quantitative estimate of drug-likeness (QED) is 0.747. The Morgan fingerprint density at radius 2 is 2.14 bits per heavy atom. The summed E-state index contributed by atoms with van der Waals surface area (Å²) in [4.78, 5) is 26.0. The van der Waals surface area contributed by atoms with E-state index in [1.807, 2.05) is 4.90 Å². The molecule has 1 rings (SSSR count). The summed E-state index contributed by atoms with van der Waals surface area (Å²) >= 11 is 0. The number of carbonyl (C=O) groups excluding carboxylic acids is 2. The number of hydrogen-bond acceptors (Lipinski definition) is 3. The van der Waals surface area contributed by atoms with E-state index in [1.54, 1.807) is 0 Å². The lowest BCUT2D eigenvalue weighted by Gasteiger charge is -2.32. The van der Waals surface area contributed by atoms with E-state index in [0.717, 1.165) is 32.2 Å². The first-order valence-electron chi connectivity index (χ1n) is 7.84. The second-order valence-corrected chi connectivity index (χ2v) is 5.86. The molecule has 0 radical (unpaired) electrons. The molecule has 1 heterocycles. The number of amides is 2. The number of likely N-dealkylation sites (tertiary alicyclic amines) is 1. The van der Waals surface area contributed by atoms with Crippen molar-refractivity contribution >= 4 is 24.2 Å². The van der Waals surface area contributed by atoms with Crippen molar-refractivity contribution in [2.24, 2.45) is 17.6 Å². The molecule has 124 valence electrons. The molecule has 6 heteroatoms. The molecule has 0 aromatic heterocycles. The number of nitrogens with two attached hydrogens (primary N) is 1. The molecule has 3 N–H and O–H groups in total. The fourth-order valence-electron chi connectivity index (χ4n) is 2.78. The van der Waals surface area contributed by atoms with Crippen LogP contribution >= 0.6 is 12.4 Å². The predicted molar refractivity (Wildman–Crippen MR) is 87.3 cm³/mol. The fraction of sp³-hybridized carbons (Fsp3) is 0.867. The van der Waals surface area contributed by atoms with Crippen molar-refractivity contribution in [1.82, 2.24) is 10.2 Å². The van der Waals surface area contributed by atoms with Gasteiger partial charge in [-0.1, -0.05) is 26.7 Å². The van der Waals surface area contributed by atoms with Crippen LogP contribution in [0.3, 0.4) is 0 Å². The molecule has 21 heavy (non-hydrogen) atoms.